The van der Waals surface area contributed by atoms with Crippen molar-refractivity contribution in [2.45, 2.75) is 16.9 Å². The third kappa shape index (κ3) is 3.84. The van der Waals surface area contributed by atoms with E-state index >= 15 is 0 Å². The summed E-state index contributed by atoms with van der Waals surface area (Å²) in [6.45, 7) is 0. The van der Waals surface area contributed by atoms with Crippen molar-refractivity contribution in [2.24, 2.45) is 0 Å². The molecule has 1 rings (SSSR count). The lowest BCUT2D eigenvalue weighted by Gasteiger charge is -2.26. The zero-order valence-corrected chi connectivity index (χ0v) is 11.0. The Bertz CT molecular complexity index is 258. The molecule has 1 aliphatic rings. The Morgan fingerprint density at radius 1 is 1.50 bits per heavy atom. The summed E-state index contributed by atoms with van der Waals surface area (Å²) in [5.41, 5.74) is 0. The van der Waals surface area contributed by atoms with Crippen LogP contribution in [0.5, 0.6) is 0 Å². The smallest absolute Gasteiger partial charge is 0.268 e. The van der Waals surface area contributed by atoms with Crippen LogP contribution in [0.3, 0.4) is 0 Å². The Kier molecular flexibility index (Phi) is 5.48. The number of thioether (sulfide) groups is 2. The van der Waals surface area contributed by atoms with E-state index < -0.39 is 15.4 Å². The largest absolute Gasteiger partial charge is 0.285 e. The molecule has 0 spiro atoms. The van der Waals surface area contributed by atoms with E-state index in [0.717, 1.165) is 17.3 Å². The molecular formula is C7H14O3S4. The van der Waals surface area contributed by atoms with E-state index in [1.165, 1.54) is 0 Å². The van der Waals surface area contributed by atoms with Gasteiger partial charge in [0.05, 0.1) is 5.25 Å². The first-order valence-corrected chi connectivity index (χ1v) is 8.66. The van der Waals surface area contributed by atoms with Crippen LogP contribution < -0.4 is 0 Å². The Morgan fingerprint density at radius 2 is 2.21 bits per heavy atom. The monoisotopic (exact) mass is 274 g/mol. The lowest BCUT2D eigenvalue weighted by atomic mass is 10.2. The first-order chi connectivity index (χ1) is 6.55. The minimum Gasteiger partial charge on any atom is -0.285 e. The highest BCUT2D eigenvalue weighted by atomic mass is 32.2. The maximum Gasteiger partial charge on any atom is 0.268 e. The summed E-state index contributed by atoms with van der Waals surface area (Å²) >= 11 is 7.42. The van der Waals surface area contributed by atoms with Crippen LogP contribution in [0.4, 0.5) is 0 Å². The Hall–Kier alpha value is 0.960. The van der Waals surface area contributed by atoms with E-state index in [-0.39, 0.29) is 5.25 Å². The zero-order valence-electron chi connectivity index (χ0n) is 7.63. The molecule has 2 unspecified atom stereocenters. The lowest BCUT2D eigenvalue weighted by molar-refractivity contribution is 0.464. The van der Waals surface area contributed by atoms with Crippen molar-refractivity contribution in [3.05, 3.63) is 0 Å². The summed E-state index contributed by atoms with van der Waals surface area (Å²) < 4.78 is 31.3. The van der Waals surface area contributed by atoms with Crippen LogP contribution >= 0.6 is 36.2 Å². The molecule has 14 heavy (non-hydrogen) atoms. The van der Waals surface area contributed by atoms with Crippen molar-refractivity contribution in [3.8, 4) is 0 Å². The van der Waals surface area contributed by atoms with Crippen LogP contribution in [-0.2, 0) is 10.1 Å². The first-order valence-electron chi connectivity index (χ1n) is 4.32. The van der Waals surface area contributed by atoms with Crippen molar-refractivity contribution in [1.29, 1.82) is 0 Å². The summed E-state index contributed by atoms with van der Waals surface area (Å²) in [6.07, 6.45) is 0.431. The Morgan fingerprint density at radius 3 is 2.64 bits per heavy atom. The van der Waals surface area contributed by atoms with E-state index in [0.29, 0.717) is 12.2 Å². The molecule has 1 N–H and O–H groups in total. The van der Waals surface area contributed by atoms with Crippen LogP contribution in [0.2, 0.25) is 0 Å². The summed E-state index contributed by atoms with van der Waals surface area (Å²) in [6, 6.07) is 0. The maximum atomic E-state index is 11.1. The van der Waals surface area contributed by atoms with Gasteiger partial charge in [-0.1, -0.05) is 0 Å². The zero-order chi connectivity index (χ0) is 10.6. The van der Waals surface area contributed by atoms with Gasteiger partial charge in [0.2, 0.25) is 0 Å². The highest BCUT2D eigenvalue weighted by Gasteiger charge is 2.33. The Balaban J connectivity index is 2.66. The second-order valence-electron chi connectivity index (χ2n) is 3.05. The van der Waals surface area contributed by atoms with Gasteiger partial charge in [-0.25, -0.2) is 0 Å². The molecule has 1 fully saturated rings. The van der Waals surface area contributed by atoms with Gasteiger partial charge in [0.1, 0.15) is 0 Å². The van der Waals surface area contributed by atoms with Gasteiger partial charge in [0, 0.05) is 22.5 Å². The molecular weight excluding hydrogens is 260 g/mol. The van der Waals surface area contributed by atoms with E-state index in [2.05, 4.69) is 12.6 Å². The quantitative estimate of drug-likeness (QED) is 0.600. The van der Waals surface area contributed by atoms with Crippen LogP contribution in [0.15, 0.2) is 0 Å². The lowest BCUT2D eigenvalue weighted by Crippen LogP contribution is -2.35. The van der Waals surface area contributed by atoms with Crippen molar-refractivity contribution >= 4 is 46.3 Å². The normalized spacial score (nSPS) is 26.0. The van der Waals surface area contributed by atoms with Crippen LogP contribution in [0, 0.1) is 0 Å². The number of thiol groups is 1. The SMILES string of the molecule is O=S(=O)(O)C(CCS)C1CSCCS1. The Labute approximate surface area is 99.0 Å². The van der Waals surface area contributed by atoms with Gasteiger partial charge in [-0.15, -0.1) is 0 Å². The first kappa shape index (κ1) is 13.0. The van der Waals surface area contributed by atoms with Gasteiger partial charge in [-0.3, -0.25) is 4.55 Å². The van der Waals surface area contributed by atoms with Crippen LogP contribution in [0.25, 0.3) is 0 Å². The third-order valence-corrected chi connectivity index (χ3v) is 6.73. The number of hydrogen-bond acceptors (Lipinski definition) is 5. The molecule has 0 radical (unpaired) electrons. The van der Waals surface area contributed by atoms with Crippen molar-refractivity contribution in [3.63, 3.8) is 0 Å². The molecule has 0 aromatic carbocycles. The topological polar surface area (TPSA) is 54.4 Å². The maximum absolute atomic E-state index is 11.1. The molecule has 0 aromatic rings. The fraction of sp³-hybridized carbons (Fsp3) is 1.00. The molecule has 1 aliphatic heterocycles. The molecule has 1 heterocycles. The minimum absolute atomic E-state index is 0.0240. The molecule has 2 atom stereocenters. The molecule has 3 nitrogen and oxygen atoms in total. The fourth-order valence-corrected chi connectivity index (χ4v) is 6.32. The highest BCUT2D eigenvalue weighted by Crippen LogP contribution is 2.30. The predicted molar refractivity (Wildman–Crippen MR) is 67.4 cm³/mol. The molecule has 7 heteroatoms. The van der Waals surface area contributed by atoms with Crippen LogP contribution in [0.1, 0.15) is 6.42 Å². The molecule has 1 saturated heterocycles. The van der Waals surface area contributed by atoms with Gasteiger partial charge in [-0.2, -0.15) is 44.6 Å². The molecule has 0 bridgehead atoms. The standard InChI is InChI=1S/C7H14O3S4/c8-14(9,10)7(1-2-11)6-5-12-3-4-13-6/h6-7,11H,1-5H2,(H,8,9,10). The van der Waals surface area contributed by atoms with Gasteiger partial charge < -0.3 is 0 Å². The molecule has 0 amide bonds. The minimum atomic E-state index is -3.91. The van der Waals surface area contributed by atoms with E-state index in [9.17, 15) is 8.42 Å². The van der Waals surface area contributed by atoms with Gasteiger partial charge >= 0.3 is 0 Å². The average molecular weight is 274 g/mol. The van der Waals surface area contributed by atoms with Crippen LogP contribution in [-0.4, -0.2) is 46.5 Å². The van der Waals surface area contributed by atoms with Crippen molar-refractivity contribution in [2.75, 3.05) is 23.0 Å². The number of hydrogen-bond donors (Lipinski definition) is 2. The molecule has 84 valence electrons. The summed E-state index contributed by atoms with van der Waals surface area (Å²) in [7, 11) is -3.91. The second-order valence-corrected chi connectivity index (χ2v) is 7.63. The van der Waals surface area contributed by atoms with E-state index in [1.54, 1.807) is 23.5 Å². The summed E-state index contributed by atoms with van der Waals surface area (Å²) in [4.78, 5) is 0. The van der Waals surface area contributed by atoms with Gasteiger partial charge in [0.15, 0.2) is 0 Å². The van der Waals surface area contributed by atoms with Crippen molar-refractivity contribution < 1.29 is 13.0 Å². The third-order valence-electron chi connectivity index (χ3n) is 2.05. The molecule has 0 aromatic heterocycles. The van der Waals surface area contributed by atoms with Crippen molar-refractivity contribution in [1.82, 2.24) is 0 Å². The van der Waals surface area contributed by atoms with Gasteiger partial charge in [0.25, 0.3) is 10.1 Å². The van der Waals surface area contributed by atoms with Gasteiger partial charge in [-0.05, 0) is 12.2 Å². The number of rotatable bonds is 4. The highest BCUT2D eigenvalue weighted by molar-refractivity contribution is 8.07. The summed E-state index contributed by atoms with van der Waals surface area (Å²) in [5.74, 6) is 3.34. The fourth-order valence-electron chi connectivity index (χ4n) is 1.37. The molecule has 0 aliphatic carbocycles. The molecule has 0 saturated carbocycles. The van der Waals surface area contributed by atoms with E-state index in [4.69, 9.17) is 4.55 Å². The predicted octanol–water partition coefficient (Wildman–Crippen LogP) is 1.41. The van der Waals surface area contributed by atoms with E-state index in [1.807, 2.05) is 0 Å². The second kappa shape index (κ2) is 5.89. The summed E-state index contributed by atoms with van der Waals surface area (Å²) in [5, 5.41) is -0.617. The average Bonchev–Trinajstić information content (AvgIpc) is 2.14.